The van der Waals surface area contributed by atoms with Crippen LogP contribution in [0.5, 0.6) is 5.75 Å². The van der Waals surface area contributed by atoms with Gasteiger partial charge in [-0.05, 0) is 23.8 Å². The van der Waals surface area contributed by atoms with Crippen molar-refractivity contribution in [1.82, 2.24) is 16.0 Å². The summed E-state index contributed by atoms with van der Waals surface area (Å²) in [4.78, 5) is 24.2. The highest BCUT2D eigenvalue weighted by atomic mass is 32.1. The predicted molar refractivity (Wildman–Crippen MR) is 114 cm³/mol. The largest absolute Gasteiger partial charge is 0.483 e. The van der Waals surface area contributed by atoms with Crippen LogP contribution in [0, 0.1) is 5.92 Å². The van der Waals surface area contributed by atoms with Gasteiger partial charge in [-0.2, -0.15) is 0 Å². The SMILES string of the molecule is C=C1NC(=S)N[C@@H](c2ccccc2OCC(N)=O)[C@H]1C(=O)NCc1ccccc1. The molecule has 2 atom stereocenters. The molecule has 7 nitrogen and oxygen atoms in total. The van der Waals surface area contributed by atoms with E-state index in [0.29, 0.717) is 28.7 Å². The zero-order valence-electron chi connectivity index (χ0n) is 15.7. The van der Waals surface area contributed by atoms with Gasteiger partial charge in [0.1, 0.15) is 11.7 Å². The summed E-state index contributed by atoms with van der Waals surface area (Å²) in [6.07, 6.45) is 0. The number of benzene rings is 2. The second-order valence-corrected chi connectivity index (χ2v) is 6.98. The molecule has 8 heteroatoms. The molecule has 1 fully saturated rings. The number of thiocarbonyl (C=S) groups is 1. The van der Waals surface area contributed by atoms with Crippen molar-refractivity contribution in [2.45, 2.75) is 12.6 Å². The van der Waals surface area contributed by atoms with Crippen LogP contribution in [0.3, 0.4) is 0 Å². The Balaban J connectivity index is 1.84. The average Bonchev–Trinajstić information content (AvgIpc) is 2.71. The summed E-state index contributed by atoms with van der Waals surface area (Å²) in [7, 11) is 0. The molecule has 29 heavy (non-hydrogen) atoms. The summed E-state index contributed by atoms with van der Waals surface area (Å²) in [6.45, 7) is 4.11. The van der Waals surface area contributed by atoms with Crippen molar-refractivity contribution in [3.05, 3.63) is 78.0 Å². The lowest BCUT2D eigenvalue weighted by molar-refractivity contribution is -0.125. The molecule has 0 radical (unpaired) electrons. The van der Waals surface area contributed by atoms with Gasteiger partial charge in [0.15, 0.2) is 11.7 Å². The molecule has 0 bridgehead atoms. The molecule has 2 aromatic carbocycles. The van der Waals surface area contributed by atoms with Crippen molar-refractivity contribution >= 4 is 29.1 Å². The topological polar surface area (TPSA) is 105 Å². The maximum absolute atomic E-state index is 13.0. The molecule has 2 amide bonds. The Bertz CT molecular complexity index is 933. The number of amides is 2. The zero-order chi connectivity index (χ0) is 20.8. The number of hydrogen-bond donors (Lipinski definition) is 4. The second kappa shape index (κ2) is 9.20. The van der Waals surface area contributed by atoms with Crippen LogP contribution in [0.2, 0.25) is 0 Å². The minimum absolute atomic E-state index is 0.212. The molecule has 3 rings (SSSR count). The first-order valence-electron chi connectivity index (χ1n) is 9.03. The zero-order valence-corrected chi connectivity index (χ0v) is 16.5. The van der Waals surface area contributed by atoms with Crippen molar-refractivity contribution in [2.24, 2.45) is 11.7 Å². The highest BCUT2D eigenvalue weighted by Gasteiger charge is 2.37. The number of para-hydroxylation sites is 1. The third-order valence-electron chi connectivity index (χ3n) is 4.49. The maximum Gasteiger partial charge on any atom is 0.255 e. The molecule has 0 aromatic heterocycles. The Morgan fingerprint density at radius 2 is 1.83 bits per heavy atom. The van der Waals surface area contributed by atoms with Crippen LogP contribution in [0.25, 0.3) is 0 Å². The van der Waals surface area contributed by atoms with E-state index in [9.17, 15) is 9.59 Å². The number of nitrogens with one attached hydrogen (secondary N) is 3. The Morgan fingerprint density at radius 3 is 2.55 bits per heavy atom. The lowest BCUT2D eigenvalue weighted by Gasteiger charge is -2.36. The Labute approximate surface area is 174 Å². The van der Waals surface area contributed by atoms with Gasteiger partial charge in [-0.3, -0.25) is 9.59 Å². The van der Waals surface area contributed by atoms with Crippen LogP contribution in [-0.2, 0) is 16.1 Å². The van der Waals surface area contributed by atoms with Gasteiger partial charge in [0, 0.05) is 17.8 Å². The lowest BCUT2D eigenvalue weighted by atomic mass is 9.87. The summed E-state index contributed by atoms with van der Waals surface area (Å²) in [6, 6.07) is 16.2. The monoisotopic (exact) mass is 410 g/mol. The molecule has 0 aliphatic carbocycles. The van der Waals surface area contributed by atoms with E-state index < -0.39 is 17.9 Å². The van der Waals surface area contributed by atoms with E-state index in [1.165, 1.54) is 0 Å². The van der Waals surface area contributed by atoms with E-state index in [1.54, 1.807) is 12.1 Å². The second-order valence-electron chi connectivity index (χ2n) is 6.58. The summed E-state index contributed by atoms with van der Waals surface area (Å²) in [5.41, 5.74) is 7.34. The molecule has 1 saturated heterocycles. The molecule has 0 saturated carbocycles. The summed E-state index contributed by atoms with van der Waals surface area (Å²) >= 11 is 5.26. The fraction of sp³-hybridized carbons (Fsp3) is 0.190. The third-order valence-corrected chi connectivity index (χ3v) is 4.71. The molecule has 150 valence electrons. The Hall–Kier alpha value is -3.39. The number of primary amides is 1. The molecular formula is C21H22N4O3S. The highest BCUT2D eigenvalue weighted by Crippen LogP contribution is 2.35. The van der Waals surface area contributed by atoms with Gasteiger partial charge in [0.2, 0.25) is 5.91 Å². The van der Waals surface area contributed by atoms with Crippen molar-refractivity contribution in [2.75, 3.05) is 6.61 Å². The molecule has 1 aliphatic heterocycles. The smallest absolute Gasteiger partial charge is 0.255 e. The van der Waals surface area contributed by atoms with Crippen molar-refractivity contribution < 1.29 is 14.3 Å². The van der Waals surface area contributed by atoms with E-state index >= 15 is 0 Å². The van der Waals surface area contributed by atoms with Crippen LogP contribution < -0.4 is 26.4 Å². The minimum atomic E-state index is -0.649. The molecule has 5 N–H and O–H groups in total. The number of carbonyl (C=O) groups is 2. The van der Waals surface area contributed by atoms with Crippen LogP contribution in [0.15, 0.2) is 66.9 Å². The van der Waals surface area contributed by atoms with Crippen LogP contribution in [0.4, 0.5) is 0 Å². The lowest BCUT2D eigenvalue weighted by Crippen LogP contribution is -2.52. The molecule has 2 aromatic rings. The standard InChI is InChI=1S/C21H22N4O3S/c1-13-18(20(27)23-11-14-7-3-2-4-8-14)19(25-21(29)24-13)15-9-5-6-10-16(15)28-12-17(22)26/h2-10,18-19H,1,11-12H2,(H2,22,26)(H,23,27)(H2,24,25,29)/t18-,19-/m0/s1. The molecule has 0 spiro atoms. The molecular weight excluding hydrogens is 388 g/mol. The van der Waals surface area contributed by atoms with Crippen LogP contribution >= 0.6 is 12.2 Å². The van der Waals surface area contributed by atoms with Crippen molar-refractivity contribution in [3.63, 3.8) is 0 Å². The average molecular weight is 410 g/mol. The first-order valence-corrected chi connectivity index (χ1v) is 9.44. The number of carbonyl (C=O) groups excluding carboxylic acids is 2. The summed E-state index contributed by atoms with van der Waals surface area (Å²) in [5, 5.41) is 9.35. The first kappa shape index (κ1) is 20.3. The van der Waals surface area contributed by atoms with Gasteiger partial charge in [0.05, 0.1) is 6.04 Å². The van der Waals surface area contributed by atoms with Crippen molar-refractivity contribution in [3.8, 4) is 5.75 Å². The van der Waals surface area contributed by atoms with Gasteiger partial charge in [-0.25, -0.2) is 0 Å². The fourth-order valence-electron chi connectivity index (χ4n) is 3.17. The van der Waals surface area contributed by atoms with E-state index in [4.69, 9.17) is 22.7 Å². The quantitative estimate of drug-likeness (QED) is 0.516. The van der Waals surface area contributed by atoms with Gasteiger partial charge >= 0.3 is 0 Å². The number of hydrogen-bond acceptors (Lipinski definition) is 4. The van der Waals surface area contributed by atoms with Crippen LogP contribution in [0.1, 0.15) is 17.2 Å². The Kier molecular flexibility index (Phi) is 6.46. The van der Waals surface area contributed by atoms with E-state index in [1.807, 2.05) is 42.5 Å². The fourth-order valence-corrected chi connectivity index (χ4v) is 3.42. The van der Waals surface area contributed by atoms with Gasteiger partial charge in [-0.15, -0.1) is 0 Å². The van der Waals surface area contributed by atoms with Gasteiger partial charge < -0.3 is 26.4 Å². The summed E-state index contributed by atoms with van der Waals surface area (Å²) in [5.74, 6) is -1.00. The first-order chi connectivity index (χ1) is 14.0. The van der Waals surface area contributed by atoms with Gasteiger partial charge in [-0.1, -0.05) is 55.1 Å². The van der Waals surface area contributed by atoms with Crippen LogP contribution in [-0.4, -0.2) is 23.5 Å². The highest BCUT2D eigenvalue weighted by molar-refractivity contribution is 7.80. The minimum Gasteiger partial charge on any atom is -0.483 e. The van der Waals surface area contributed by atoms with E-state index in [2.05, 4.69) is 22.5 Å². The predicted octanol–water partition coefficient (Wildman–Crippen LogP) is 1.52. The Morgan fingerprint density at radius 1 is 1.14 bits per heavy atom. The number of ether oxygens (including phenoxy) is 1. The molecule has 1 heterocycles. The maximum atomic E-state index is 13.0. The normalized spacial score (nSPS) is 18.3. The number of rotatable bonds is 7. The van der Waals surface area contributed by atoms with E-state index in [-0.39, 0.29) is 12.5 Å². The van der Waals surface area contributed by atoms with E-state index in [0.717, 1.165) is 5.56 Å². The number of nitrogens with two attached hydrogens (primary N) is 1. The molecule has 0 unspecified atom stereocenters. The van der Waals surface area contributed by atoms with Crippen molar-refractivity contribution in [1.29, 1.82) is 0 Å². The summed E-state index contributed by atoms with van der Waals surface area (Å²) < 4.78 is 5.54. The third kappa shape index (κ3) is 5.11. The van der Waals surface area contributed by atoms with Gasteiger partial charge in [0.25, 0.3) is 5.91 Å². The molecule has 1 aliphatic rings.